The summed E-state index contributed by atoms with van der Waals surface area (Å²) in [6, 6.07) is 13.8. The molecule has 1 saturated heterocycles. The summed E-state index contributed by atoms with van der Waals surface area (Å²) < 4.78 is 69.1. The summed E-state index contributed by atoms with van der Waals surface area (Å²) in [4.78, 5) is 0. The Morgan fingerprint density at radius 3 is 2.09 bits per heavy atom. The van der Waals surface area contributed by atoms with Gasteiger partial charge in [0, 0.05) is 11.1 Å². The second kappa shape index (κ2) is 10.0. The summed E-state index contributed by atoms with van der Waals surface area (Å²) >= 11 is 0. The van der Waals surface area contributed by atoms with Gasteiger partial charge in [-0.2, -0.15) is 4.39 Å². The van der Waals surface area contributed by atoms with Crippen LogP contribution in [0.1, 0.15) is 61.3 Å². The van der Waals surface area contributed by atoms with Crippen LogP contribution in [0, 0.1) is 29.2 Å². The number of benzene rings is 3. The van der Waals surface area contributed by atoms with Gasteiger partial charge < -0.3 is 9.47 Å². The van der Waals surface area contributed by atoms with Crippen molar-refractivity contribution in [3.05, 3.63) is 88.5 Å². The minimum Gasteiger partial charge on any atom is -0.490 e. The zero-order valence-corrected chi connectivity index (χ0v) is 19.6. The first-order valence-corrected chi connectivity index (χ1v) is 12.3. The van der Waals surface area contributed by atoms with Gasteiger partial charge in [0.05, 0.1) is 13.2 Å². The quantitative estimate of drug-likeness (QED) is 0.251. The first kappa shape index (κ1) is 23.9. The Balaban J connectivity index is 1.20. The number of hydrogen-bond acceptors (Lipinski definition) is 2. The van der Waals surface area contributed by atoms with Crippen molar-refractivity contribution in [2.45, 2.75) is 51.0 Å². The van der Waals surface area contributed by atoms with E-state index in [9.17, 15) is 13.2 Å². The number of rotatable bonds is 7. The molecule has 0 aromatic heterocycles. The molecule has 5 rings (SSSR count). The number of ether oxygens (including phenoxy) is 2. The molecule has 1 unspecified atom stereocenters. The maximum absolute atomic E-state index is 15.0. The van der Waals surface area contributed by atoms with Crippen LogP contribution in [0.2, 0.25) is 0 Å². The van der Waals surface area contributed by atoms with Crippen molar-refractivity contribution in [2.75, 3.05) is 13.2 Å². The van der Waals surface area contributed by atoms with Crippen LogP contribution in [0.25, 0.3) is 11.1 Å². The summed E-state index contributed by atoms with van der Waals surface area (Å²) in [7, 11) is 0. The highest BCUT2D eigenvalue weighted by Gasteiger charge is 2.31. The van der Waals surface area contributed by atoms with Gasteiger partial charge >= 0.3 is 0 Å². The molecular weight excluding hydrogens is 456 g/mol. The van der Waals surface area contributed by atoms with E-state index in [4.69, 9.17) is 9.47 Å². The third-order valence-electron chi connectivity index (χ3n) is 7.30. The lowest BCUT2D eigenvalue weighted by Crippen LogP contribution is -2.20. The predicted molar refractivity (Wildman–Crippen MR) is 126 cm³/mol. The largest absolute Gasteiger partial charge is 0.490 e. The molecule has 1 heterocycles. The molecule has 1 aliphatic carbocycles. The lowest BCUT2D eigenvalue weighted by molar-refractivity contribution is 0.191. The van der Waals surface area contributed by atoms with Crippen molar-refractivity contribution in [1.29, 1.82) is 0 Å². The zero-order chi connectivity index (χ0) is 24.5. The molecule has 6 heteroatoms. The molecule has 2 aliphatic rings. The van der Waals surface area contributed by atoms with Gasteiger partial charge in [0.2, 0.25) is 5.82 Å². The molecule has 0 N–H and O–H groups in total. The van der Waals surface area contributed by atoms with Crippen LogP contribution in [-0.2, 0) is 11.2 Å². The molecule has 0 spiro atoms. The molecule has 0 bridgehead atoms. The summed E-state index contributed by atoms with van der Waals surface area (Å²) in [5.74, 6) is -3.54. The van der Waals surface area contributed by atoms with Gasteiger partial charge in [-0.15, -0.1) is 0 Å². The smallest absolute Gasteiger partial charge is 0.200 e. The summed E-state index contributed by atoms with van der Waals surface area (Å²) in [5.41, 5.74) is 2.69. The van der Waals surface area contributed by atoms with Crippen LogP contribution >= 0.6 is 0 Å². The Hall–Kier alpha value is -2.86. The first-order chi connectivity index (χ1) is 17.0. The summed E-state index contributed by atoms with van der Waals surface area (Å²) in [6.45, 7) is 2.70. The van der Waals surface area contributed by atoms with Crippen molar-refractivity contribution in [1.82, 2.24) is 0 Å². The predicted octanol–water partition coefficient (Wildman–Crippen LogP) is 7.90. The lowest BCUT2D eigenvalue weighted by atomic mass is 9.78. The Labute approximate surface area is 202 Å². The van der Waals surface area contributed by atoms with E-state index >= 15 is 4.39 Å². The van der Waals surface area contributed by atoms with Crippen LogP contribution in [0.4, 0.5) is 17.6 Å². The summed E-state index contributed by atoms with van der Waals surface area (Å²) in [5, 5.41) is 0. The Morgan fingerprint density at radius 2 is 1.43 bits per heavy atom. The molecule has 2 fully saturated rings. The van der Waals surface area contributed by atoms with Gasteiger partial charge in [0.1, 0.15) is 6.10 Å². The second-order valence-electron chi connectivity index (χ2n) is 9.51. The van der Waals surface area contributed by atoms with E-state index in [0.717, 1.165) is 24.8 Å². The second-order valence-corrected chi connectivity index (χ2v) is 9.51. The minimum atomic E-state index is -0.992. The van der Waals surface area contributed by atoms with E-state index in [-0.39, 0.29) is 41.4 Å². The molecule has 2 nitrogen and oxygen atoms in total. The first-order valence-electron chi connectivity index (χ1n) is 12.3. The minimum absolute atomic E-state index is 0.0794. The Bertz CT molecular complexity index is 1200. The van der Waals surface area contributed by atoms with Crippen molar-refractivity contribution in [3.63, 3.8) is 0 Å². The van der Waals surface area contributed by atoms with E-state index in [1.54, 1.807) is 12.1 Å². The van der Waals surface area contributed by atoms with E-state index < -0.39 is 23.3 Å². The van der Waals surface area contributed by atoms with Gasteiger partial charge in [0.25, 0.3) is 0 Å². The fraction of sp³-hybridized carbons (Fsp3) is 0.379. The van der Waals surface area contributed by atoms with E-state index in [0.29, 0.717) is 30.6 Å². The maximum Gasteiger partial charge on any atom is 0.200 e. The van der Waals surface area contributed by atoms with E-state index in [1.165, 1.54) is 12.1 Å². The highest BCUT2D eigenvalue weighted by Crippen LogP contribution is 2.40. The Morgan fingerprint density at radius 1 is 0.771 bits per heavy atom. The van der Waals surface area contributed by atoms with Crippen molar-refractivity contribution >= 4 is 0 Å². The number of halogens is 4. The molecule has 184 valence electrons. The number of epoxide rings is 1. The normalized spacial score (nSPS) is 21.7. The standard InChI is InChI=1S/C29H28F4O2/c1-2-17-3-7-19(8-4-17)21-11-12-22(27(31)26(21)30)20-9-5-18(6-10-20)15-34-24-14-13-23(25-16-35-25)28(32)29(24)33/h3-4,7-8,11-14,18,20,25H,2,5-6,9-10,15-16H2,1H3. The molecular formula is C29H28F4O2. The fourth-order valence-electron chi connectivity index (χ4n) is 5.00. The third-order valence-corrected chi connectivity index (χ3v) is 7.30. The Kier molecular flexibility index (Phi) is 6.83. The average molecular weight is 485 g/mol. The summed E-state index contributed by atoms with van der Waals surface area (Å²) in [6.07, 6.45) is 3.37. The van der Waals surface area contributed by atoms with Crippen molar-refractivity contribution in [2.24, 2.45) is 5.92 Å². The lowest BCUT2D eigenvalue weighted by Gasteiger charge is -2.29. The van der Waals surface area contributed by atoms with Crippen molar-refractivity contribution < 1.29 is 27.0 Å². The highest BCUT2D eigenvalue weighted by molar-refractivity contribution is 5.65. The molecule has 0 radical (unpaired) electrons. The number of hydrogen-bond donors (Lipinski definition) is 0. The van der Waals surface area contributed by atoms with E-state index in [2.05, 4.69) is 0 Å². The molecule has 3 aromatic rings. The van der Waals surface area contributed by atoms with Crippen LogP contribution in [0.15, 0.2) is 48.5 Å². The monoisotopic (exact) mass is 484 g/mol. The molecule has 35 heavy (non-hydrogen) atoms. The topological polar surface area (TPSA) is 21.8 Å². The molecule has 3 aromatic carbocycles. The van der Waals surface area contributed by atoms with Crippen LogP contribution in [-0.4, -0.2) is 13.2 Å². The van der Waals surface area contributed by atoms with Crippen LogP contribution in [0.3, 0.4) is 0 Å². The molecule has 0 amide bonds. The maximum atomic E-state index is 15.0. The van der Waals surface area contributed by atoms with Gasteiger partial charge in [0.15, 0.2) is 23.2 Å². The fourth-order valence-corrected chi connectivity index (χ4v) is 5.00. The van der Waals surface area contributed by atoms with Gasteiger partial charge in [-0.1, -0.05) is 43.3 Å². The highest BCUT2D eigenvalue weighted by atomic mass is 19.2. The van der Waals surface area contributed by atoms with Crippen LogP contribution < -0.4 is 4.74 Å². The third kappa shape index (κ3) is 4.94. The van der Waals surface area contributed by atoms with Crippen LogP contribution in [0.5, 0.6) is 5.75 Å². The average Bonchev–Trinajstić information content (AvgIpc) is 3.72. The van der Waals surface area contributed by atoms with Gasteiger partial charge in [-0.3, -0.25) is 0 Å². The zero-order valence-electron chi connectivity index (χ0n) is 19.6. The van der Waals surface area contributed by atoms with Gasteiger partial charge in [-0.25, -0.2) is 13.2 Å². The van der Waals surface area contributed by atoms with Crippen molar-refractivity contribution in [3.8, 4) is 16.9 Å². The molecule has 1 saturated carbocycles. The SMILES string of the molecule is CCc1ccc(-c2ccc(C3CCC(COc4ccc(C5CO5)c(F)c4F)CC3)c(F)c2F)cc1. The molecule has 1 atom stereocenters. The molecule has 1 aliphatic heterocycles. The number of aryl methyl sites for hydroxylation is 1. The van der Waals surface area contributed by atoms with Gasteiger partial charge in [-0.05, 0) is 72.8 Å². The van der Waals surface area contributed by atoms with E-state index in [1.807, 2.05) is 31.2 Å².